The average Bonchev–Trinajstić information content (AvgIpc) is 2.66. The molecule has 1 atom stereocenters. The number of aryl methyl sites for hydroxylation is 1. The summed E-state index contributed by atoms with van der Waals surface area (Å²) in [4.78, 5) is 27.6. The van der Waals surface area contributed by atoms with Crippen LogP contribution in [0.3, 0.4) is 0 Å². The molecule has 0 aliphatic carbocycles. The van der Waals surface area contributed by atoms with Crippen molar-refractivity contribution < 1.29 is 9.59 Å². The summed E-state index contributed by atoms with van der Waals surface area (Å²) in [6.07, 6.45) is 0.250. The number of aromatic nitrogens is 1. The van der Waals surface area contributed by atoms with E-state index in [9.17, 15) is 9.59 Å². The number of rotatable bonds is 4. The van der Waals surface area contributed by atoms with Gasteiger partial charge in [-0.3, -0.25) is 15.1 Å². The van der Waals surface area contributed by atoms with E-state index < -0.39 is 6.03 Å². The van der Waals surface area contributed by atoms with Crippen LogP contribution >= 0.6 is 0 Å². The summed E-state index contributed by atoms with van der Waals surface area (Å²) < 4.78 is 0. The largest absolute Gasteiger partial charge is 0.381 e. The van der Waals surface area contributed by atoms with Gasteiger partial charge in [-0.25, -0.2) is 4.79 Å². The number of para-hydroxylation sites is 1. The van der Waals surface area contributed by atoms with Crippen molar-refractivity contribution in [2.75, 3.05) is 5.32 Å². The first kappa shape index (κ1) is 17.0. The Morgan fingerprint density at radius 1 is 1.11 bits per heavy atom. The number of amides is 3. The van der Waals surface area contributed by atoms with Crippen molar-refractivity contribution in [1.29, 1.82) is 0 Å². The molecule has 0 bridgehead atoms. The maximum atomic E-state index is 11.5. The van der Waals surface area contributed by atoms with Crippen LogP contribution in [0.5, 0.6) is 0 Å². The first-order valence-corrected chi connectivity index (χ1v) is 8.88. The molecule has 1 saturated heterocycles. The van der Waals surface area contributed by atoms with Gasteiger partial charge in [-0.2, -0.15) is 0 Å². The van der Waals surface area contributed by atoms with Gasteiger partial charge in [-0.05, 0) is 42.3 Å². The molecule has 6 heteroatoms. The van der Waals surface area contributed by atoms with Crippen LogP contribution in [0.2, 0.25) is 0 Å². The smallest absolute Gasteiger partial charge is 0.321 e. The van der Waals surface area contributed by atoms with Gasteiger partial charge in [0, 0.05) is 23.3 Å². The number of hydrogen-bond donors (Lipinski definition) is 3. The maximum Gasteiger partial charge on any atom is 0.321 e. The van der Waals surface area contributed by atoms with Gasteiger partial charge in [0.1, 0.15) is 0 Å². The van der Waals surface area contributed by atoms with Gasteiger partial charge in [0.05, 0.1) is 18.0 Å². The average molecular weight is 360 g/mol. The van der Waals surface area contributed by atoms with Crippen molar-refractivity contribution in [2.45, 2.75) is 25.9 Å². The summed E-state index contributed by atoms with van der Waals surface area (Å²) in [6, 6.07) is 17.3. The van der Waals surface area contributed by atoms with Crippen molar-refractivity contribution in [3.63, 3.8) is 0 Å². The van der Waals surface area contributed by atoms with Crippen molar-refractivity contribution in [3.05, 3.63) is 71.4 Å². The molecule has 27 heavy (non-hydrogen) atoms. The van der Waals surface area contributed by atoms with Gasteiger partial charge in [-0.1, -0.05) is 30.3 Å². The molecule has 136 valence electrons. The Morgan fingerprint density at radius 3 is 2.67 bits per heavy atom. The topological polar surface area (TPSA) is 83.1 Å². The minimum Gasteiger partial charge on any atom is -0.381 e. The minimum atomic E-state index is -0.447. The lowest BCUT2D eigenvalue weighted by Crippen LogP contribution is -2.48. The van der Waals surface area contributed by atoms with E-state index in [2.05, 4.69) is 33.1 Å². The number of hydrogen-bond acceptors (Lipinski definition) is 4. The van der Waals surface area contributed by atoms with E-state index in [1.54, 1.807) is 0 Å². The monoisotopic (exact) mass is 360 g/mol. The Morgan fingerprint density at radius 2 is 1.89 bits per heavy atom. The van der Waals surface area contributed by atoms with Crippen LogP contribution in [-0.2, 0) is 11.3 Å². The number of anilines is 1. The van der Waals surface area contributed by atoms with Crippen LogP contribution in [0, 0.1) is 6.92 Å². The van der Waals surface area contributed by atoms with Crippen molar-refractivity contribution in [3.8, 4) is 0 Å². The highest BCUT2D eigenvalue weighted by Gasteiger charge is 2.24. The zero-order valence-corrected chi connectivity index (χ0v) is 15.0. The fourth-order valence-electron chi connectivity index (χ4n) is 3.28. The second-order valence-electron chi connectivity index (χ2n) is 6.68. The van der Waals surface area contributed by atoms with Gasteiger partial charge >= 0.3 is 6.03 Å². The van der Waals surface area contributed by atoms with Crippen LogP contribution in [0.25, 0.3) is 10.9 Å². The minimum absolute atomic E-state index is 0.250. The zero-order valence-electron chi connectivity index (χ0n) is 15.0. The number of pyridine rings is 1. The number of benzene rings is 2. The number of urea groups is 1. The van der Waals surface area contributed by atoms with Crippen LogP contribution in [0.15, 0.2) is 54.6 Å². The lowest BCUT2D eigenvalue weighted by Gasteiger charge is -2.23. The number of nitrogens with one attached hydrogen (secondary N) is 3. The van der Waals surface area contributed by atoms with Crippen molar-refractivity contribution >= 4 is 28.5 Å². The van der Waals surface area contributed by atoms with Crippen LogP contribution in [-0.4, -0.2) is 16.9 Å². The Hall–Kier alpha value is -3.41. The second-order valence-corrected chi connectivity index (χ2v) is 6.68. The lowest BCUT2D eigenvalue weighted by atomic mass is 10.0. The summed E-state index contributed by atoms with van der Waals surface area (Å²) in [5, 5.41) is 9.54. The predicted octanol–water partition coefficient (Wildman–Crippen LogP) is 3.43. The van der Waals surface area contributed by atoms with E-state index in [0.717, 1.165) is 33.4 Å². The molecule has 3 amide bonds. The lowest BCUT2D eigenvalue weighted by molar-refractivity contribution is -0.121. The Balaban J connectivity index is 1.45. The van der Waals surface area contributed by atoms with Gasteiger partial charge in [0.2, 0.25) is 5.91 Å². The summed E-state index contributed by atoms with van der Waals surface area (Å²) in [5.74, 6) is -0.259. The number of carbonyl (C=O) groups excluding carboxylic acids is 2. The van der Waals surface area contributed by atoms with E-state index in [1.165, 1.54) is 0 Å². The third-order valence-electron chi connectivity index (χ3n) is 4.76. The molecule has 3 aromatic rings. The Bertz CT molecular complexity index is 998. The molecule has 0 spiro atoms. The highest BCUT2D eigenvalue weighted by atomic mass is 16.2. The van der Waals surface area contributed by atoms with Gasteiger partial charge in [-0.15, -0.1) is 0 Å². The Kier molecular flexibility index (Phi) is 4.46. The van der Waals surface area contributed by atoms with E-state index in [1.807, 2.05) is 49.4 Å². The Labute approximate surface area is 157 Å². The predicted molar refractivity (Wildman–Crippen MR) is 104 cm³/mol. The van der Waals surface area contributed by atoms with Crippen LogP contribution in [0.1, 0.15) is 29.3 Å². The molecule has 1 aliphatic heterocycles. The standard InChI is InChI=1S/C21H20N4O2/c1-13-16(10-15-4-2-3-5-18(15)23-13)12-22-17-8-6-14(7-9-17)19-11-20(26)25-21(27)24-19/h2-10,19,22H,11-12H2,1H3,(H2,24,25,26,27). The third-order valence-corrected chi connectivity index (χ3v) is 4.76. The molecule has 1 aromatic heterocycles. The van der Waals surface area contributed by atoms with Gasteiger partial charge in [0.15, 0.2) is 0 Å². The summed E-state index contributed by atoms with van der Waals surface area (Å²) in [5.41, 5.74) is 5.04. The SMILES string of the molecule is Cc1nc2ccccc2cc1CNc1ccc(C2CC(=O)NC(=O)N2)cc1. The highest BCUT2D eigenvalue weighted by molar-refractivity contribution is 5.97. The molecule has 2 heterocycles. The summed E-state index contributed by atoms with van der Waals surface area (Å²) >= 11 is 0. The number of nitrogens with zero attached hydrogens (tertiary/aromatic N) is 1. The second kappa shape index (κ2) is 7.07. The molecular weight excluding hydrogens is 340 g/mol. The maximum absolute atomic E-state index is 11.5. The van der Waals surface area contributed by atoms with Gasteiger partial charge < -0.3 is 10.6 Å². The molecule has 1 unspecified atom stereocenters. The van der Waals surface area contributed by atoms with Crippen LogP contribution in [0.4, 0.5) is 10.5 Å². The zero-order chi connectivity index (χ0) is 18.8. The van der Waals surface area contributed by atoms with E-state index in [0.29, 0.717) is 6.54 Å². The molecular formula is C21H20N4O2. The number of carbonyl (C=O) groups is 2. The van der Waals surface area contributed by atoms with E-state index >= 15 is 0 Å². The molecule has 0 saturated carbocycles. The first-order valence-electron chi connectivity index (χ1n) is 8.88. The molecule has 1 aliphatic rings. The third kappa shape index (κ3) is 3.74. The normalized spacial score (nSPS) is 16.7. The quantitative estimate of drug-likeness (QED) is 0.666. The fraction of sp³-hybridized carbons (Fsp3) is 0.190. The molecule has 1 fully saturated rings. The molecule has 3 N–H and O–H groups in total. The fourth-order valence-corrected chi connectivity index (χ4v) is 3.28. The van der Waals surface area contributed by atoms with Crippen molar-refractivity contribution in [2.24, 2.45) is 0 Å². The first-order chi connectivity index (χ1) is 13.1. The summed E-state index contributed by atoms with van der Waals surface area (Å²) in [7, 11) is 0. The molecule has 0 radical (unpaired) electrons. The van der Waals surface area contributed by atoms with E-state index in [-0.39, 0.29) is 18.4 Å². The molecule has 6 nitrogen and oxygen atoms in total. The number of fused-ring (bicyclic) bond motifs is 1. The molecule has 4 rings (SSSR count). The van der Waals surface area contributed by atoms with Crippen molar-refractivity contribution in [1.82, 2.24) is 15.6 Å². The summed E-state index contributed by atoms with van der Waals surface area (Å²) in [6.45, 7) is 2.69. The van der Waals surface area contributed by atoms with Crippen LogP contribution < -0.4 is 16.0 Å². The highest BCUT2D eigenvalue weighted by Crippen LogP contribution is 2.22. The van der Waals surface area contributed by atoms with Gasteiger partial charge in [0.25, 0.3) is 0 Å². The molecule has 2 aromatic carbocycles. The van der Waals surface area contributed by atoms with E-state index in [4.69, 9.17) is 0 Å². The number of imide groups is 1.